The number of carboxylic acid groups (broad SMARTS) is 1. The molecule has 9 nitrogen and oxygen atoms in total. The molecule has 31 heavy (non-hydrogen) atoms. The fourth-order valence-corrected chi connectivity index (χ4v) is 3.01. The number of aromatic hydroxyl groups is 3. The van der Waals surface area contributed by atoms with Crippen LogP contribution in [-0.2, 0) is 0 Å². The van der Waals surface area contributed by atoms with Crippen molar-refractivity contribution in [1.82, 2.24) is 4.98 Å². The SMILES string of the molecule is COc1ccc([C@H]2CC(=O)c3c(O)cc(O)cc3O2)cc1O.O=C(O)c1cccnc1. The lowest BCUT2D eigenvalue weighted by atomic mass is 9.95. The standard InChI is InChI=1S/C16H14O6.C6H5NO2/c1-21-13-3-2-8(4-10(13)18)14-7-12(20)16-11(19)5-9(17)6-15(16)22-14;8-6(9)5-2-1-3-7-4-5/h2-6,14,17-19H,7H2,1H3;1-4H,(H,8,9)/t14-;/m1./s1. The second kappa shape index (κ2) is 9.04. The average Bonchev–Trinajstić information content (AvgIpc) is 2.74. The third-order valence-electron chi connectivity index (χ3n) is 4.47. The highest BCUT2D eigenvalue weighted by Gasteiger charge is 2.31. The van der Waals surface area contributed by atoms with Crippen LogP contribution < -0.4 is 9.47 Å². The first kappa shape index (κ1) is 21.4. The minimum absolute atomic E-state index is 0.0249. The first-order chi connectivity index (χ1) is 14.8. The van der Waals surface area contributed by atoms with E-state index in [-0.39, 0.29) is 46.3 Å². The van der Waals surface area contributed by atoms with Crippen molar-refractivity contribution >= 4 is 11.8 Å². The van der Waals surface area contributed by atoms with E-state index in [1.807, 2.05) is 0 Å². The quantitative estimate of drug-likeness (QED) is 0.496. The van der Waals surface area contributed by atoms with Gasteiger partial charge in [0, 0.05) is 24.5 Å². The highest BCUT2D eigenvalue weighted by Crippen LogP contribution is 2.42. The average molecular weight is 425 g/mol. The molecule has 0 fully saturated rings. The molecule has 1 aliphatic rings. The Balaban J connectivity index is 0.000000254. The molecular formula is C22H19NO8. The number of carbonyl (C=O) groups is 2. The minimum atomic E-state index is -0.942. The van der Waals surface area contributed by atoms with Crippen LogP contribution in [0, 0.1) is 0 Å². The van der Waals surface area contributed by atoms with Crippen molar-refractivity contribution in [2.75, 3.05) is 7.11 Å². The van der Waals surface area contributed by atoms with Gasteiger partial charge in [-0.05, 0) is 29.8 Å². The van der Waals surface area contributed by atoms with E-state index < -0.39 is 12.1 Å². The first-order valence-electron chi connectivity index (χ1n) is 9.06. The van der Waals surface area contributed by atoms with Crippen LogP contribution in [0.2, 0.25) is 0 Å². The Morgan fingerprint density at radius 1 is 1.13 bits per heavy atom. The monoisotopic (exact) mass is 425 g/mol. The summed E-state index contributed by atoms with van der Waals surface area (Å²) < 4.78 is 10.7. The summed E-state index contributed by atoms with van der Waals surface area (Å²) in [7, 11) is 1.44. The van der Waals surface area contributed by atoms with Gasteiger partial charge in [0.15, 0.2) is 17.3 Å². The van der Waals surface area contributed by atoms with Crippen LogP contribution in [0.3, 0.4) is 0 Å². The number of hydrogen-bond acceptors (Lipinski definition) is 8. The van der Waals surface area contributed by atoms with Crippen LogP contribution in [-0.4, -0.2) is 44.3 Å². The number of ketones is 1. The Morgan fingerprint density at radius 2 is 1.90 bits per heavy atom. The number of phenols is 3. The van der Waals surface area contributed by atoms with E-state index in [4.69, 9.17) is 14.6 Å². The van der Waals surface area contributed by atoms with E-state index in [0.29, 0.717) is 11.3 Å². The molecule has 0 unspecified atom stereocenters. The summed E-state index contributed by atoms with van der Waals surface area (Å²) >= 11 is 0. The molecule has 0 aliphatic carbocycles. The van der Waals surface area contributed by atoms with Crippen LogP contribution in [0.5, 0.6) is 28.7 Å². The molecular weight excluding hydrogens is 406 g/mol. The van der Waals surface area contributed by atoms with Gasteiger partial charge in [0.25, 0.3) is 0 Å². The fourth-order valence-electron chi connectivity index (χ4n) is 3.01. The van der Waals surface area contributed by atoms with Gasteiger partial charge in [-0.2, -0.15) is 0 Å². The number of rotatable bonds is 3. The van der Waals surface area contributed by atoms with E-state index in [0.717, 1.165) is 6.07 Å². The van der Waals surface area contributed by atoms with Crippen LogP contribution in [0.15, 0.2) is 54.9 Å². The number of benzene rings is 2. The highest BCUT2D eigenvalue weighted by molar-refractivity contribution is 6.02. The van der Waals surface area contributed by atoms with Crippen molar-refractivity contribution in [3.05, 3.63) is 71.5 Å². The summed E-state index contributed by atoms with van der Waals surface area (Å²) in [6.45, 7) is 0. The second-order valence-electron chi connectivity index (χ2n) is 6.55. The van der Waals surface area contributed by atoms with Gasteiger partial charge in [0.1, 0.15) is 28.9 Å². The molecule has 0 spiro atoms. The van der Waals surface area contributed by atoms with Crippen molar-refractivity contribution in [3.8, 4) is 28.7 Å². The molecule has 0 saturated carbocycles. The zero-order chi connectivity index (χ0) is 22.5. The number of pyridine rings is 1. The maximum atomic E-state index is 12.2. The zero-order valence-electron chi connectivity index (χ0n) is 16.3. The van der Waals surface area contributed by atoms with Gasteiger partial charge in [0.2, 0.25) is 0 Å². The van der Waals surface area contributed by atoms with Crippen molar-refractivity contribution in [3.63, 3.8) is 0 Å². The summed E-state index contributed by atoms with van der Waals surface area (Å²) in [4.78, 5) is 26.0. The lowest BCUT2D eigenvalue weighted by Crippen LogP contribution is -2.20. The number of Topliss-reactive ketones (excluding diaryl/α,β-unsaturated/α-hetero) is 1. The first-order valence-corrected chi connectivity index (χ1v) is 9.06. The number of aromatic nitrogens is 1. The molecule has 1 aromatic heterocycles. The van der Waals surface area contributed by atoms with Crippen molar-refractivity contribution in [1.29, 1.82) is 0 Å². The van der Waals surface area contributed by atoms with Gasteiger partial charge >= 0.3 is 5.97 Å². The Labute approximate surface area is 176 Å². The Bertz CT molecular complexity index is 1110. The fraction of sp³-hybridized carbons (Fsp3) is 0.136. The molecule has 2 heterocycles. The van der Waals surface area contributed by atoms with Gasteiger partial charge in [-0.15, -0.1) is 0 Å². The molecule has 1 aliphatic heterocycles. The summed E-state index contributed by atoms with van der Waals surface area (Å²) in [6.07, 6.45) is 2.25. The van der Waals surface area contributed by atoms with Crippen molar-refractivity contribution in [2.45, 2.75) is 12.5 Å². The number of carbonyl (C=O) groups excluding carboxylic acids is 1. The van der Waals surface area contributed by atoms with Gasteiger partial charge in [-0.1, -0.05) is 6.07 Å². The molecule has 160 valence electrons. The van der Waals surface area contributed by atoms with E-state index in [1.165, 1.54) is 37.7 Å². The lowest BCUT2D eigenvalue weighted by molar-refractivity contribution is 0.0695. The van der Waals surface area contributed by atoms with Crippen LogP contribution >= 0.6 is 0 Å². The molecule has 4 N–H and O–H groups in total. The zero-order valence-corrected chi connectivity index (χ0v) is 16.3. The highest BCUT2D eigenvalue weighted by atomic mass is 16.5. The second-order valence-corrected chi connectivity index (χ2v) is 6.55. The Morgan fingerprint density at radius 3 is 2.48 bits per heavy atom. The van der Waals surface area contributed by atoms with Crippen LogP contribution in [0.1, 0.15) is 38.8 Å². The van der Waals surface area contributed by atoms with Gasteiger partial charge < -0.3 is 29.9 Å². The smallest absolute Gasteiger partial charge is 0.337 e. The molecule has 0 amide bonds. The van der Waals surface area contributed by atoms with Gasteiger partial charge in [-0.3, -0.25) is 9.78 Å². The minimum Gasteiger partial charge on any atom is -0.508 e. The van der Waals surface area contributed by atoms with E-state index in [9.17, 15) is 24.9 Å². The normalized spacial score (nSPS) is 14.5. The summed E-state index contributed by atoms with van der Waals surface area (Å²) in [5, 5.41) is 37.4. The Hall–Kier alpha value is -4.27. The van der Waals surface area contributed by atoms with Crippen LogP contribution in [0.4, 0.5) is 0 Å². The third-order valence-corrected chi connectivity index (χ3v) is 4.47. The lowest BCUT2D eigenvalue weighted by Gasteiger charge is -2.26. The molecule has 0 saturated heterocycles. The number of phenolic OH excluding ortho intramolecular Hbond substituents is 3. The largest absolute Gasteiger partial charge is 0.508 e. The maximum absolute atomic E-state index is 12.2. The summed E-state index contributed by atoms with van der Waals surface area (Å²) in [6, 6.07) is 10.2. The number of hydrogen-bond donors (Lipinski definition) is 4. The number of methoxy groups -OCH3 is 1. The predicted molar refractivity (Wildman–Crippen MR) is 108 cm³/mol. The predicted octanol–water partition coefficient (Wildman–Crippen LogP) is 3.30. The maximum Gasteiger partial charge on any atom is 0.337 e. The summed E-state index contributed by atoms with van der Waals surface area (Å²) in [5.41, 5.74) is 0.879. The summed E-state index contributed by atoms with van der Waals surface area (Å²) in [5.74, 6) is -1.35. The van der Waals surface area contributed by atoms with Crippen molar-refractivity contribution < 1.29 is 39.5 Å². The molecule has 9 heteroatoms. The van der Waals surface area contributed by atoms with E-state index in [1.54, 1.807) is 18.2 Å². The van der Waals surface area contributed by atoms with E-state index >= 15 is 0 Å². The Kier molecular flexibility index (Phi) is 6.25. The molecule has 4 rings (SSSR count). The van der Waals surface area contributed by atoms with Gasteiger partial charge in [-0.25, -0.2) is 4.79 Å². The molecule has 0 bridgehead atoms. The van der Waals surface area contributed by atoms with Crippen molar-refractivity contribution in [2.24, 2.45) is 0 Å². The molecule has 1 atom stereocenters. The van der Waals surface area contributed by atoms with Crippen LogP contribution in [0.25, 0.3) is 0 Å². The number of ether oxygens (including phenoxy) is 2. The number of aromatic carboxylic acids is 1. The third kappa shape index (κ3) is 4.84. The number of fused-ring (bicyclic) bond motifs is 1. The topological polar surface area (TPSA) is 146 Å². The van der Waals surface area contributed by atoms with Gasteiger partial charge in [0.05, 0.1) is 19.1 Å². The molecule has 0 radical (unpaired) electrons. The molecule has 3 aromatic rings. The molecule has 2 aromatic carbocycles. The number of nitrogens with zero attached hydrogens (tertiary/aromatic N) is 1. The van der Waals surface area contributed by atoms with E-state index in [2.05, 4.69) is 4.98 Å². The number of carboxylic acids is 1.